The maximum Gasteiger partial charge on any atom is 0.146 e. The summed E-state index contributed by atoms with van der Waals surface area (Å²) in [6.07, 6.45) is 1.99. The van der Waals surface area contributed by atoms with Gasteiger partial charge < -0.3 is 5.32 Å². The van der Waals surface area contributed by atoms with Crippen LogP contribution in [-0.2, 0) is 6.42 Å². The predicted octanol–water partition coefficient (Wildman–Crippen LogP) is 4.63. The lowest BCUT2D eigenvalue weighted by molar-refractivity contribution is 0.629. The van der Waals surface area contributed by atoms with Gasteiger partial charge in [-0.05, 0) is 36.6 Å². The fraction of sp³-hybridized carbons (Fsp3) is 0.200. The topological polar surface area (TPSA) is 12.0 Å². The Morgan fingerprint density at radius 3 is 2.61 bits per heavy atom. The molecule has 0 fully saturated rings. The molecule has 0 aromatic heterocycles. The molecule has 18 heavy (non-hydrogen) atoms. The van der Waals surface area contributed by atoms with Crippen molar-refractivity contribution in [3.63, 3.8) is 0 Å². The summed E-state index contributed by atoms with van der Waals surface area (Å²) >= 11 is 3.34. The maximum absolute atomic E-state index is 13.4. The van der Waals surface area contributed by atoms with E-state index in [0.29, 0.717) is 5.69 Å². The van der Waals surface area contributed by atoms with Crippen LogP contribution in [-0.4, -0.2) is 6.54 Å². The van der Waals surface area contributed by atoms with E-state index in [0.717, 1.165) is 23.9 Å². The zero-order valence-electron chi connectivity index (χ0n) is 10.00. The van der Waals surface area contributed by atoms with Crippen molar-refractivity contribution >= 4 is 21.6 Å². The third kappa shape index (κ3) is 3.84. The monoisotopic (exact) mass is 307 g/mol. The van der Waals surface area contributed by atoms with E-state index < -0.39 is 0 Å². The van der Waals surface area contributed by atoms with E-state index in [-0.39, 0.29) is 5.82 Å². The molecule has 0 saturated heterocycles. The largest absolute Gasteiger partial charge is 0.383 e. The molecule has 0 aliphatic carbocycles. The van der Waals surface area contributed by atoms with Crippen molar-refractivity contribution in [2.45, 2.75) is 12.8 Å². The van der Waals surface area contributed by atoms with Crippen molar-refractivity contribution in [1.29, 1.82) is 0 Å². The average Bonchev–Trinajstić information content (AvgIpc) is 2.40. The van der Waals surface area contributed by atoms with Gasteiger partial charge in [-0.2, -0.15) is 0 Å². The van der Waals surface area contributed by atoms with E-state index in [1.54, 1.807) is 12.1 Å². The molecule has 2 aromatic carbocycles. The summed E-state index contributed by atoms with van der Waals surface area (Å²) in [7, 11) is 0. The number of aryl methyl sites for hydroxylation is 1. The van der Waals surface area contributed by atoms with Crippen LogP contribution in [0.2, 0.25) is 0 Å². The van der Waals surface area contributed by atoms with Crippen molar-refractivity contribution in [1.82, 2.24) is 0 Å². The minimum absolute atomic E-state index is 0.210. The van der Waals surface area contributed by atoms with Crippen molar-refractivity contribution < 1.29 is 4.39 Å². The van der Waals surface area contributed by atoms with Crippen LogP contribution < -0.4 is 5.32 Å². The summed E-state index contributed by atoms with van der Waals surface area (Å²) in [6.45, 7) is 0.766. The third-order valence-corrected chi connectivity index (χ3v) is 3.22. The van der Waals surface area contributed by atoms with E-state index in [4.69, 9.17) is 0 Å². The van der Waals surface area contributed by atoms with Crippen LogP contribution >= 0.6 is 15.9 Å². The van der Waals surface area contributed by atoms with Gasteiger partial charge in [-0.1, -0.05) is 46.3 Å². The highest BCUT2D eigenvalue weighted by Crippen LogP contribution is 2.19. The normalized spacial score (nSPS) is 10.3. The highest BCUT2D eigenvalue weighted by Gasteiger charge is 2.01. The predicted molar refractivity (Wildman–Crippen MR) is 77.4 cm³/mol. The number of rotatable bonds is 5. The Morgan fingerprint density at radius 2 is 1.83 bits per heavy atom. The zero-order valence-corrected chi connectivity index (χ0v) is 11.6. The fourth-order valence-electron chi connectivity index (χ4n) is 1.79. The first-order valence-electron chi connectivity index (χ1n) is 5.98. The summed E-state index contributed by atoms with van der Waals surface area (Å²) in [4.78, 5) is 0. The molecule has 0 amide bonds. The number of anilines is 1. The first-order chi connectivity index (χ1) is 8.75. The summed E-state index contributed by atoms with van der Waals surface area (Å²) < 4.78 is 14.3. The number of nitrogens with one attached hydrogen (secondary N) is 1. The van der Waals surface area contributed by atoms with Gasteiger partial charge in [0.2, 0.25) is 0 Å². The lowest BCUT2D eigenvalue weighted by Gasteiger charge is -2.08. The zero-order chi connectivity index (χ0) is 12.8. The highest BCUT2D eigenvalue weighted by molar-refractivity contribution is 9.10. The van der Waals surface area contributed by atoms with Gasteiger partial charge in [-0.15, -0.1) is 0 Å². The van der Waals surface area contributed by atoms with Crippen LogP contribution in [0.3, 0.4) is 0 Å². The van der Waals surface area contributed by atoms with Crippen molar-refractivity contribution in [3.8, 4) is 0 Å². The van der Waals surface area contributed by atoms with Crippen LogP contribution in [0, 0.1) is 5.82 Å². The highest BCUT2D eigenvalue weighted by atomic mass is 79.9. The second kappa shape index (κ2) is 6.55. The Balaban J connectivity index is 1.80. The molecule has 0 aliphatic rings. The second-order valence-corrected chi connectivity index (χ2v) is 5.06. The smallest absolute Gasteiger partial charge is 0.146 e. The van der Waals surface area contributed by atoms with Crippen LogP contribution in [0.15, 0.2) is 53.0 Å². The van der Waals surface area contributed by atoms with Crippen LogP contribution in [0.1, 0.15) is 12.0 Å². The molecule has 0 spiro atoms. The van der Waals surface area contributed by atoms with E-state index in [9.17, 15) is 4.39 Å². The molecule has 0 bridgehead atoms. The second-order valence-electron chi connectivity index (χ2n) is 4.14. The molecule has 1 N–H and O–H groups in total. The standard InChI is InChI=1S/C15H15BrFN/c16-13-8-9-14(17)15(11-13)18-10-4-7-12-5-2-1-3-6-12/h1-3,5-6,8-9,11,18H,4,7,10H2. The lowest BCUT2D eigenvalue weighted by atomic mass is 10.1. The minimum Gasteiger partial charge on any atom is -0.383 e. The summed E-state index contributed by atoms with van der Waals surface area (Å²) in [5.74, 6) is -0.210. The van der Waals surface area contributed by atoms with Crippen LogP contribution in [0.25, 0.3) is 0 Å². The molecule has 0 radical (unpaired) electrons. The first-order valence-corrected chi connectivity index (χ1v) is 6.78. The van der Waals surface area contributed by atoms with Gasteiger partial charge in [0, 0.05) is 11.0 Å². The quantitative estimate of drug-likeness (QED) is 0.794. The van der Waals surface area contributed by atoms with Crippen LogP contribution in [0.4, 0.5) is 10.1 Å². The lowest BCUT2D eigenvalue weighted by Crippen LogP contribution is -2.04. The molecular formula is C15H15BrFN. The fourth-order valence-corrected chi connectivity index (χ4v) is 2.15. The molecule has 94 valence electrons. The molecule has 2 aromatic rings. The Bertz CT molecular complexity index is 499. The van der Waals surface area contributed by atoms with Gasteiger partial charge in [-0.25, -0.2) is 4.39 Å². The third-order valence-electron chi connectivity index (χ3n) is 2.73. The van der Waals surface area contributed by atoms with Crippen molar-refractivity contribution in [3.05, 3.63) is 64.4 Å². The number of halogens is 2. The van der Waals surface area contributed by atoms with E-state index >= 15 is 0 Å². The van der Waals surface area contributed by atoms with Crippen molar-refractivity contribution in [2.24, 2.45) is 0 Å². The first kappa shape index (κ1) is 13.1. The molecule has 0 saturated carbocycles. The van der Waals surface area contributed by atoms with E-state index in [2.05, 4.69) is 33.4 Å². The van der Waals surface area contributed by atoms with Gasteiger partial charge in [0.25, 0.3) is 0 Å². The molecule has 1 nitrogen and oxygen atoms in total. The average molecular weight is 308 g/mol. The van der Waals surface area contributed by atoms with Gasteiger partial charge in [-0.3, -0.25) is 0 Å². The van der Waals surface area contributed by atoms with Crippen molar-refractivity contribution in [2.75, 3.05) is 11.9 Å². The molecule has 0 unspecified atom stereocenters. The van der Waals surface area contributed by atoms with E-state index in [1.165, 1.54) is 11.6 Å². The molecule has 3 heteroatoms. The Kier molecular flexibility index (Phi) is 4.76. The number of benzene rings is 2. The number of hydrogen-bond acceptors (Lipinski definition) is 1. The molecule has 0 heterocycles. The van der Waals surface area contributed by atoms with Gasteiger partial charge in [0.1, 0.15) is 5.82 Å². The van der Waals surface area contributed by atoms with E-state index in [1.807, 2.05) is 18.2 Å². The van der Waals surface area contributed by atoms with Gasteiger partial charge in [0.05, 0.1) is 5.69 Å². The Hall–Kier alpha value is -1.35. The summed E-state index contributed by atoms with van der Waals surface area (Å²) in [5.41, 5.74) is 1.87. The minimum atomic E-state index is -0.210. The Morgan fingerprint density at radius 1 is 1.06 bits per heavy atom. The van der Waals surface area contributed by atoms with Gasteiger partial charge in [0.15, 0.2) is 0 Å². The SMILES string of the molecule is Fc1ccc(Br)cc1NCCCc1ccccc1. The molecule has 2 rings (SSSR count). The maximum atomic E-state index is 13.4. The number of hydrogen-bond donors (Lipinski definition) is 1. The summed E-state index contributed by atoms with van der Waals surface area (Å²) in [6, 6.07) is 15.2. The van der Waals surface area contributed by atoms with Gasteiger partial charge >= 0.3 is 0 Å². The molecule has 0 aliphatic heterocycles. The Labute approximate surface area is 115 Å². The molecular weight excluding hydrogens is 293 g/mol. The summed E-state index contributed by atoms with van der Waals surface area (Å²) in [5, 5.41) is 3.12. The van der Waals surface area contributed by atoms with Crippen LogP contribution in [0.5, 0.6) is 0 Å². The molecule has 0 atom stereocenters.